The molecule has 0 bridgehead atoms. The maximum absolute atomic E-state index is 3.50. The Labute approximate surface area is 135 Å². The van der Waals surface area contributed by atoms with Crippen LogP contribution >= 0.6 is 15.9 Å². The van der Waals surface area contributed by atoms with E-state index in [2.05, 4.69) is 39.7 Å². The molecule has 1 aliphatic rings. The minimum Gasteiger partial charge on any atom is -0.303 e. The lowest BCUT2D eigenvalue weighted by Crippen LogP contribution is -2.43. The third-order valence-corrected chi connectivity index (χ3v) is 5.33. The number of hydrogen-bond acceptors (Lipinski definition) is 2. The Hall–Kier alpha value is 0.400. The number of unbranched alkanes of at least 4 members (excludes halogenated alkanes) is 6. The van der Waals surface area contributed by atoms with E-state index in [1.165, 1.54) is 89.3 Å². The Morgan fingerprint density at radius 2 is 1.50 bits per heavy atom. The minimum absolute atomic E-state index is 0.844. The summed E-state index contributed by atoms with van der Waals surface area (Å²) in [5.74, 6) is 0. The molecule has 0 N–H and O–H groups in total. The minimum atomic E-state index is 0.844. The molecule has 0 aromatic carbocycles. The van der Waals surface area contributed by atoms with Crippen LogP contribution in [-0.4, -0.2) is 54.4 Å². The molecule has 0 aliphatic carbocycles. The second kappa shape index (κ2) is 12.0. The van der Waals surface area contributed by atoms with Gasteiger partial charge in [-0.3, -0.25) is 0 Å². The molecular weight excluding hydrogens is 312 g/mol. The van der Waals surface area contributed by atoms with Gasteiger partial charge in [0.2, 0.25) is 0 Å². The standard InChI is InChI=1S/C17H35BrN2/c1-3-20-15-11-17(12-16-20)19(2)14-10-8-6-4-5-7-9-13-18/h17H,3-16H2,1-2H3. The second-order valence-electron chi connectivity index (χ2n) is 6.31. The van der Waals surface area contributed by atoms with Crippen molar-refractivity contribution in [3.63, 3.8) is 0 Å². The van der Waals surface area contributed by atoms with E-state index in [9.17, 15) is 0 Å². The number of piperidine rings is 1. The van der Waals surface area contributed by atoms with Crippen LogP contribution in [0.2, 0.25) is 0 Å². The predicted octanol–water partition coefficient (Wildman–Crippen LogP) is 4.53. The van der Waals surface area contributed by atoms with Crippen LogP contribution in [-0.2, 0) is 0 Å². The van der Waals surface area contributed by atoms with E-state index in [0.717, 1.165) is 6.04 Å². The van der Waals surface area contributed by atoms with E-state index in [1.54, 1.807) is 0 Å². The molecule has 0 aromatic heterocycles. The quantitative estimate of drug-likeness (QED) is 0.400. The van der Waals surface area contributed by atoms with Gasteiger partial charge in [0.15, 0.2) is 0 Å². The molecule has 1 heterocycles. The lowest BCUT2D eigenvalue weighted by atomic mass is 10.0. The normalized spacial score (nSPS) is 18.0. The summed E-state index contributed by atoms with van der Waals surface area (Å²) in [5, 5.41) is 1.18. The van der Waals surface area contributed by atoms with Crippen LogP contribution in [0.1, 0.15) is 64.7 Å². The second-order valence-corrected chi connectivity index (χ2v) is 7.10. The zero-order chi connectivity index (χ0) is 14.6. The Bertz CT molecular complexity index is 215. The number of rotatable bonds is 11. The highest BCUT2D eigenvalue weighted by Crippen LogP contribution is 2.16. The Morgan fingerprint density at radius 3 is 2.05 bits per heavy atom. The van der Waals surface area contributed by atoms with Crippen molar-refractivity contribution in [1.82, 2.24) is 9.80 Å². The first-order chi connectivity index (χ1) is 9.77. The van der Waals surface area contributed by atoms with Crippen LogP contribution in [0, 0.1) is 0 Å². The van der Waals surface area contributed by atoms with Gasteiger partial charge in [0, 0.05) is 11.4 Å². The van der Waals surface area contributed by atoms with Gasteiger partial charge < -0.3 is 9.80 Å². The molecule has 0 saturated carbocycles. The maximum Gasteiger partial charge on any atom is 0.0117 e. The number of alkyl halides is 1. The Balaban J connectivity index is 1.94. The van der Waals surface area contributed by atoms with E-state index in [-0.39, 0.29) is 0 Å². The van der Waals surface area contributed by atoms with E-state index in [4.69, 9.17) is 0 Å². The SMILES string of the molecule is CCN1CCC(N(C)CCCCCCCCCBr)CC1. The van der Waals surface area contributed by atoms with E-state index < -0.39 is 0 Å². The van der Waals surface area contributed by atoms with Gasteiger partial charge in [-0.1, -0.05) is 55.0 Å². The zero-order valence-corrected chi connectivity index (χ0v) is 15.3. The van der Waals surface area contributed by atoms with Gasteiger partial charge in [-0.25, -0.2) is 0 Å². The third-order valence-electron chi connectivity index (χ3n) is 4.77. The van der Waals surface area contributed by atoms with Gasteiger partial charge >= 0.3 is 0 Å². The van der Waals surface area contributed by atoms with Crippen LogP contribution in [0.5, 0.6) is 0 Å². The van der Waals surface area contributed by atoms with Crippen LogP contribution < -0.4 is 0 Å². The fourth-order valence-corrected chi connectivity index (χ4v) is 3.59. The number of likely N-dealkylation sites (tertiary alicyclic amines) is 1. The molecule has 1 saturated heterocycles. The molecule has 0 aromatic rings. The fraction of sp³-hybridized carbons (Fsp3) is 1.00. The first kappa shape index (κ1) is 18.4. The Kier molecular flexibility index (Phi) is 11.1. The topological polar surface area (TPSA) is 6.48 Å². The number of halogens is 1. The first-order valence-electron chi connectivity index (χ1n) is 8.76. The number of hydrogen-bond donors (Lipinski definition) is 0. The van der Waals surface area contributed by atoms with E-state index >= 15 is 0 Å². The average Bonchev–Trinajstić information content (AvgIpc) is 2.50. The molecule has 0 amide bonds. The van der Waals surface area contributed by atoms with Crippen molar-refractivity contribution in [3.8, 4) is 0 Å². The van der Waals surface area contributed by atoms with Crippen molar-refractivity contribution in [3.05, 3.63) is 0 Å². The summed E-state index contributed by atoms with van der Waals surface area (Å²) in [7, 11) is 2.34. The van der Waals surface area contributed by atoms with Crippen LogP contribution in [0.25, 0.3) is 0 Å². The molecule has 1 aliphatic heterocycles. The molecular formula is C17H35BrN2. The molecule has 0 atom stereocenters. The summed E-state index contributed by atoms with van der Waals surface area (Å²) in [6, 6.07) is 0.844. The summed E-state index contributed by atoms with van der Waals surface area (Å²) >= 11 is 3.50. The molecule has 2 nitrogen and oxygen atoms in total. The molecule has 120 valence electrons. The smallest absolute Gasteiger partial charge is 0.0117 e. The van der Waals surface area contributed by atoms with Gasteiger partial charge in [-0.15, -0.1) is 0 Å². The third kappa shape index (κ3) is 7.99. The van der Waals surface area contributed by atoms with Crippen molar-refractivity contribution in [2.24, 2.45) is 0 Å². The lowest BCUT2D eigenvalue weighted by Gasteiger charge is -2.36. The van der Waals surface area contributed by atoms with E-state index in [0.29, 0.717) is 0 Å². The monoisotopic (exact) mass is 346 g/mol. The summed E-state index contributed by atoms with van der Waals surface area (Å²) < 4.78 is 0. The van der Waals surface area contributed by atoms with Gasteiger partial charge in [-0.05, 0) is 58.9 Å². The van der Waals surface area contributed by atoms with Gasteiger partial charge in [-0.2, -0.15) is 0 Å². The van der Waals surface area contributed by atoms with E-state index in [1.807, 2.05) is 0 Å². The fourth-order valence-electron chi connectivity index (χ4n) is 3.20. The van der Waals surface area contributed by atoms with Crippen LogP contribution in [0.15, 0.2) is 0 Å². The molecule has 1 rings (SSSR count). The van der Waals surface area contributed by atoms with Gasteiger partial charge in [0.05, 0.1) is 0 Å². The molecule has 3 heteroatoms. The molecule has 20 heavy (non-hydrogen) atoms. The highest BCUT2D eigenvalue weighted by molar-refractivity contribution is 9.09. The average molecular weight is 347 g/mol. The summed E-state index contributed by atoms with van der Waals surface area (Å²) in [5.41, 5.74) is 0. The highest BCUT2D eigenvalue weighted by Gasteiger charge is 2.20. The van der Waals surface area contributed by atoms with Gasteiger partial charge in [0.25, 0.3) is 0 Å². The first-order valence-corrected chi connectivity index (χ1v) is 9.88. The van der Waals surface area contributed by atoms with Crippen molar-refractivity contribution in [2.45, 2.75) is 70.8 Å². The van der Waals surface area contributed by atoms with Gasteiger partial charge in [0.1, 0.15) is 0 Å². The molecule has 0 spiro atoms. The van der Waals surface area contributed by atoms with Crippen molar-refractivity contribution < 1.29 is 0 Å². The summed E-state index contributed by atoms with van der Waals surface area (Å²) in [4.78, 5) is 5.20. The largest absolute Gasteiger partial charge is 0.303 e. The maximum atomic E-state index is 3.50. The van der Waals surface area contributed by atoms with Crippen molar-refractivity contribution in [2.75, 3.05) is 38.6 Å². The van der Waals surface area contributed by atoms with Crippen molar-refractivity contribution in [1.29, 1.82) is 0 Å². The molecule has 0 unspecified atom stereocenters. The lowest BCUT2D eigenvalue weighted by molar-refractivity contribution is 0.130. The van der Waals surface area contributed by atoms with Crippen molar-refractivity contribution >= 4 is 15.9 Å². The molecule has 1 fully saturated rings. The summed E-state index contributed by atoms with van der Waals surface area (Å²) in [6.45, 7) is 7.42. The Morgan fingerprint density at radius 1 is 0.950 bits per heavy atom. The highest BCUT2D eigenvalue weighted by atomic mass is 79.9. The van der Waals surface area contributed by atoms with Crippen LogP contribution in [0.3, 0.4) is 0 Å². The summed E-state index contributed by atoms with van der Waals surface area (Å²) in [6.07, 6.45) is 12.6. The predicted molar refractivity (Wildman–Crippen MR) is 93.9 cm³/mol. The molecule has 0 radical (unpaired) electrons. The van der Waals surface area contributed by atoms with Crippen LogP contribution in [0.4, 0.5) is 0 Å². The zero-order valence-electron chi connectivity index (χ0n) is 13.7. The number of nitrogens with zero attached hydrogens (tertiary/aromatic N) is 2.